The van der Waals surface area contributed by atoms with Crippen molar-refractivity contribution in [3.63, 3.8) is 0 Å². The molecule has 0 bridgehead atoms. The molecule has 28 heavy (non-hydrogen) atoms. The number of epoxide rings is 2. The minimum Gasteiger partial charge on any atom is -0.462 e. The molecule has 154 valence electrons. The molecule has 0 aromatic rings. The summed E-state index contributed by atoms with van der Waals surface area (Å²) in [6, 6.07) is -2.04. The van der Waals surface area contributed by atoms with Crippen LogP contribution in [0.15, 0.2) is 12.7 Å². The van der Waals surface area contributed by atoms with Gasteiger partial charge in [-0.05, 0) is 0 Å². The summed E-state index contributed by atoms with van der Waals surface area (Å²) in [5, 5.41) is 2.20. The molecule has 2 atom stereocenters. The van der Waals surface area contributed by atoms with Gasteiger partial charge in [-0.1, -0.05) is 6.08 Å². The number of hydrogen-bond acceptors (Lipinski definition) is 9. The lowest BCUT2D eigenvalue weighted by Crippen LogP contribution is -2.51. The summed E-state index contributed by atoms with van der Waals surface area (Å²) in [5.74, 6) is -1.55. The predicted octanol–water partition coefficient (Wildman–Crippen LogP) is -1.35. The van der Waals surface area contributed by atoms with Crippen molar-refractivity contribution in [3.8, 4) is 0 Å². The van der Waals surface area contributed by atoms with Crippen LogP contribution in [0, 0.1) is 0 Å². The zero-order valence-corrected chi connectivity index (χ0v) is 15.0. The number of carbonyl (C=O) groups is 5. The summed E-state index contributed by atoms with van der Waals surface area (Å²) in [6.07, 6.45) is 1.06. The summed E-state index contributed by atoms with van der Waals surface area (Å²) < 4.78 is 19.5. The van der Waals surface area contributed by atoms with Gasteiger partial charge in [0.1, 0.15) is 38.5 Å². The average Bonchev–Trinajstić information content (AvgIpc) is 3.58. The zero-order valence-electron chi connectivity index (χ0n) is 15.0. The number of hydrogen-bond donors (Lipinski definition) is 1. The first-order chi connectivity index (χ1) is 13.4. The Morgan fingerprint density at radius 3 is 2.14 bits per heavy atom. The Hall–Kier alpha value is -2.99. The lowest BCUT2D eigenvalue weighted by molar-refractivity contribution is -0.146. The second-order valence-electron chi connectivity index (χ2n) is 5.85. The maximum atomic E-state index is 12.4. The van der Waals surface area contributed by atoms with Crippen LogP contribution in [-0.2, 0) is 33.3 Å². The third-order valence-corrected chi connectivity index (χ3v) is 3.51. The maximum absolute atomic E-state index is 12.4. The minimum atomic E-state index is -1.08. The van der Waals surface area contributed by atoms with Crippen molar-refractivity contribution in [2.75, 3.05) is 46.1 Å². The Morgan fingerprint density at radius 2 is 1.64 bits per heavy atom. The highest BCUT2D eigenvalue weighted by molar-refractivity contribution is 5.99. The van der Waals surface area contributed by atoms with E-state index in [1.165, 1.54) is 6.08 Å². The molecule has 5 amide bonds. The fourth-order valence-electron chi connectivity index (χ4n) is 1.86. The van der Waals surface area contributed by atoms with Crippen LogP contribution < -0.4 is 5.32 Å². The van der Waals surface area contributed by atoms with E-state index in [0.29, 0.717) is 23.0 Å². The van der Waals surface area contributed by atoms with Crippen molar-refractivity contribution in [3.05, 3.63) is 12.7 Å². The molecule has 2 heterocycles. The van der Waals surface area contributed by atoms with E-state index in [2.05, 4.69) is 11.9 Å². The molecule has 0 saturated carbocycles. The molecule has 0 radical (unpaired) electrons. The van der Waals surface area contributed by atoms with Crippen molar-refractivity contribution >= 4 is 30.4 Å². The Bertz CT molecular complexity index is 631. The first-order valence-corrected chi connectivity index (χ1v) is 8.41. The minimum absolute atomic E-state index is 0.0184. The molecule has 12 heteroatoms. The molecule has 2 rings (SSSR count). The monoisotopic (exact) mass is 399 g/mol. The van der Waals surface area contributed by atoms with Gasteiger partial charge in [-0.25, -0.2) is 14.5 Å². The fraction of sp³-hybridized carbons (Fsp3) is 0.562. The summed E-state index contributed by atoms with van der Waals surface area (Å²) in [5.41, 5.74) is 0. The van der Waals surface area contributed by atoms with E-state index in [0.717, 1.165) is 0 Å². The number of ether oxygens (including phenoxy) is 4. The van der Waals surface area contributed by atoms with E-state index in [4.69, 9.17) is 18.9 Å². The highest BCUT2D eigenvalue weighted by Crippen LogP contribution is 2.09. The number of rotatable bonds is 11. The summed E-state index contributed by atoms with van der Waals surface area (Å²) in [4.78, 5) is 60.1. The molecule has 0 aromatic carbocycles. The van der Waals surface area contributed by atoms with E-state index < -0.39 is 37.1 Å². The number of nitrogens with zero attached hydrogens (tertiary/aromatic N) is 2. The number of urea groups is 2. The lowest BCUT2D eigenvalue weighted by atomic mass is 10.4. The van der Waals surface area contributed by atoms with Crippen molar-refractivity contribution < 1.29 is 42.9 Å². The van der Waals surface area contributed by atoms with E-state index in [-0.39, 0.29) is 38.4 Å². The zero-order chi connectivity index (χ0) is 20.5. The van der Waals surface area contributed by atoms with Gasteiger partial charge >= 0.3 is 24.0 Å². The molecule has 0 aliphatic carbocycles. The summed E-state index contributed by atoms with van der Waals surface area (Å²) >= 11 is 0. The number of imide groups is 2. The Morgan fingerprint density at radius 1 is 1.07 bits per heavy atom. The van der Waals surface area contributed by atoms with Crippen molar-refractivity contribution in [1.82, 2.24) is 15.1 Å². The van der Waals surface area contributed by atoms with E-state index in [9.17, 15) is 24.0 Å². The molecule has 0 spiro atoms. The van der Waals surface area contributed by atoms with Gasteiger partial charge in [0.2, 0.25) is 6.41 Å². The Balaban J connectivity index is 1.82. The van der Waals surface area contributed by atoms with Crippen LogP contribution in [0.25, 0.3) is 0 Å². The van der Waals surface area contributed by atoms with Crippen LogP contribution in [0.4, 0.5) is 9.59 Å². The van der Waals surface area contributed by atoms with Crippen LogP contribution in [0.3, 0.4) is 0 Å². The van der Waals surface area contributed by atoms with Crippen molar-refractivity contribution in [2.24, 2.45) is 0 Å². The molecule has 2 saturated heterocycles. The van der Waals surface area contributed by atoms with Crippen molar-refractivity contribution in [1.29, 1.82) is 0 Å². The van der Waals surface area contributed by atoms with E-state index >= 15 is 0 Å². The highest BCUT2D eigenvalue weighted by Gasteiger charge is 2.30. The first kappa shape index (κ1) is 21.3. The maximum Gasteiger partial charge on any atom is 0.335 e. The number of carbonyl (C=O) groups excluding carboxylic acids is 5. The molecule has 12 nitrogen and oxygen atoms in total. The third kappa shape index (κ3) is 7.32. The largest absolute Gasteiger partial charge is 0.462 e. The van der Waals surface area contributed by atoms with Gasteiger partial charge in [-0.2, -0.15) is 0 Å². The molecule has 0 aromatic heterocycles. The molecular formula is C16H21N3O9. The summed E-state index contributed by atoms with van der Waals surface area (Å²) in [6.45, 7) is 3.09. The molecule has 1 N–H and O–H groups in total. The fourth-order valence-corrected chi connectivity index (χ4v) is 1.86. The van der Waals surface area contributed by atoms with Gasteiger partial charge in [-0.3, -0.25) is 19.3 Å². The number of nitrogens with one attached hydrogen (secondary N) is 1. The topological polar surface area (TPSA) is 147 Å². The number of amides is 5. The SMILES string of the molecule is C=CCN(C(=O)NCC(=O)OCC1CO1)C(=O)N(C=O)CC(=O)OCC1CO1. The number of esters is 2. The van der Waals surface area contributed by atoms with Gasteiger partial charge < -0.3 is 24.3 Å². The first-order valence-electron chi connectivity index (χ1n) is 8.41. The predicted molar refractivity (Wildman–Crippen MR) is 89.9 cm³/mol. The lowest BCUT2D eigenvalue weighted by Gasteiger charge is -2.24. The van der Waals surface area contributed by atoms with Crippen LogP contribution in [0.2, 0.25) is 0 Å². The van der Waals surface area contributed by atoms with Gasteiger partial charge in [0.25, 0.3) is 0 Å². The van der Waals surface area contributed by atoms with Gasteiger partial charge in [-0.15, -0.1) is 6.58 Å². The smallest absolute Gasteiger partial charge is 0.335 e. The van der Waals surface area contributed by atoms with Crippen LogP contribution in [-0.4, -0.2) is 98.5 Å². The second kappa shape index (κ2) is 10.4. The molecule has 2 aliphatic rings. The molecule has 2 unspecified atom stereocenters. The third-order valence-electron chi connectivity index (χ3n) is 3.51. The van der Waals surface area contributed by atoms with Crippen LogP contribution in [0.1, 0.15) is 0 Å². The molecular weight excluding hydrogens is 378 g/mol. The Kier molecular flexibility index (Phi) is 7.89. The standard InChI is InChI=1S/C16H21N3O9/c1-2-3-19(15(23)17-4-13(21)27-8-11-6-25-11)16(24)18(10-20)5-14(22)28-9-12-7-26-12/h2,10-12H,1,3-9H2,(H,17,23). The molecule has 2 aliphatic heterocycles. The quantitative estimate of drug-likeness (QED) is 0.193. The Labute approximate surface area is 160 Å². The second-order valence-corrected chi connectivity index (χ2v) is 5.85. The van der Waals surface area contributed by atoms with Crippen molar-refractivity contribution in [2.45, 2.75) is 12.2 Å². The van der Waals surface area contributed by atoms with Gasteiger partial charge in [0.15, 0.2) is 0 Å². The molecule has 2 fully saturated rings. The van der Waals surface area contributed by atoms with E-state index in [1.807, 2.05) is 0 Å². The highest BCUT2D eigenvalue weighted by atomic mass is 16.6. The van der Waals surface area contributed by atoms with E-state index in [1.54, 1.807) is 0 Å². The van der Waals surface area contributed by atoms with Crippen LogP contribution >= 0.6 is 0 Å². The van der Waals surface area contributed by atoms with Crippen LogP contribution in [0.5, 0.6) is 0 Å². The summed E-state index contributed by atoms with van der Waals surface area (Å²) in [7, 11) is 0. The van der Waals surface area contributed by atoms with Gasteiger partial charge in [0.05, 0.1) is 19.8 Å². The van der Waals surface area contributed by atoms with Gasteiger partial charge in [0, 0.05) is 0 Å². The average molecular weight is 399 g/mol. The normalized spacial score (nSPS) is 19.0.